The molecule has 106 valence electrons. The summed E-state index contributed by atoms with van der Waals surface area (Å²) in [5.41, 5.74) is 7.88. The molecular weight excluding hydrogens is 254 g/mol. The lowest BCUT2D eigenvalue weighted by Gasteiger charge is -2.34. The summed E-state index contributed by atoms with van der Waals surface area (Å²) >= 11 is 0. The van der Waals surface area contributed by atoms with E-state index in [1.807, 2.05) is 24.3 Å². The van der Waals surface area contributed by atoms with E-state index in [0.29, 0.717) is 17.9 Å². The van der Waals surface area contributed by atoms with Gasteiger partial charge >= 0.3 is 0 Å². The smallest absolute Gasteiger partial charge is 0.270 e. The Hall–Kier alpha value is -2.01. The molecule has 1 aliphatic rings. The number of hydrogen-bond donors (Lipinski definition) is 3. The normalized spacial score (nSPS) is 19.4. The van der Waals surface area contributed by atoms with E-state index in [1.54, 1.807) is 4.90 Å². The molecule has 4 N–H and O–H groups in total. The zero-order valence-electron chi connectivity index (χ0n) is 11.3. The van der Waals surface area contributed by atoms with Gasteiger partial charge in [-0.2, -0.15) is 0 Å². The van der Waals surface area contributed by atoms with E-state index < -0.39 is 0 Å². The number of carbonyl (C=O) groups excluding carboxylic acids is 1. The number of hydrogen-bond acceptors (Lipinski definition) is 3. The van der Waals surface area contributed by atoms with Crippen LogP contribution in [0, 0.1) is 0 Å². The molecule has 0 bridgehead atoms. The first-order chi connectivity index (χ1) is 9.70. The summed E-state index contributed by atoms with van der Waals surface area (Å²) in [6, 6.07) is 7.37. The van der Waals surface area contributed by atoms with Gasteiger partial charge in [-0.15, -0.1) is 0 Å². The topological polar surface area (TPSA) is 82.3 Å². The van der Waals surface area contributed by atoms with Crippen molar-refractivity contribution in [2.75, 3.05) is 18.9 Å². The van der Waals surface area contributed by atoms with Crippen LogP contribution in [-0.4, -0.2) is 40.1 Å². The number of piperidine rings is 1. The maximum Gasteiger partial charge on any atom is 0.270 e. The molecular formula is C15H19N3O2. The lowest BCUT2D eigenvalue weighted by molar-refractivity contribution is 0.0498. The highest BCUT2D eigenvalue weighted by Crippen LogP contribution is 2.24. The van der Waals surface area contributed by atoms with Crippen LogP contribution in [0.1, 0.15) is 29.8 Å². The number of likely N-dealkylation sites (tertiary alicyclic amines) is 1. The second-order valence-corrected chi connectivity index (χ2v) is 5.33. The third-order valence-electron chi connectivity index (χ3n) is 4.02. The van der Waals surface area contributed by atoms with E-state index in [-0.39, 0.29) is 18.6 Å². The Labute approximate surface area is 117 Å². The Morgan fingerprint density at radius 2 is 2.30 bits per heavy atom. The van der Waals surface area contributed by atoms with Crippen molar-refractivity contribution in [3.8, 4) is 0 Å². The number of fused-ring (bicyclic) bond motifs is 1. The summed E-state index contributed by atoms with van der Waals surface area (Å²) in [5.74, 6) is -0.0562. The summed E-state index contributed by atoms with van der Waals surface area (Å²) in [6.45, 7) is 0.725. The van der Waals surface area contributed by atoms with Gasteiger partial charge in [0.2, 0.25) is 0 Å². The predicted molar refractivity (Wildman–Crippen MR) is 78.5 cm³/mol. The summed E-state index contributed by atoms with van der Waals surface area (Å²) in [4.78, 5) is 17.5. The van der Waals surface area contributed by atoms with E-state index in [4.69, 9.17) is 5.73 Å². The van der Waals surface area contributed by atoms with Gasteiger partial charge in [0.15, 0.2) is 0 Å². The fourth-order valence-corrected chi connectivity index (χ4v) is 2.91. The number of carbonyl (C=O) groups is 1. The van der Waals surface area contributed by atoms with E-state index >= 15 is 0 Å². The average molecular weight is 273 g/mol. The van der Waals surface area contributed by atoms with Crippen molar-refractivity contribution in [3.05, 3.63) is 30.0 Å². The summed E-state index contributed by atoms with van der Waals surface area (Å²) in [6.07, 6.45) is 2.92. The molecule has 5 nitrogen and oxygen atoms in total. The summed E-state index contributed by atoms with van der Waals surface area (Å²) in [5, 5.41) is 10.4. The van der Waals surface area contributed by atoms with E-state index in [1.165, 1.54) is 0 Å². The van der Waals surface area contributed by atoms with Crippen LogP contribution in [0.25, 0.3) is 10.9 Å². The number of aliphatic hydroxyl groups is 1. The molecule has 2 heterocycles. The standard InChI is InChI=1S/C15H19N3O2/c16-12-6-3-4-10-8-13(17-14(10)12)15(20)18-7-2-1-5-11(18)9-19/h3-4,6,8,11,17,19H,1-2,5,7,9,16H2. The van der Waals surface area contributed by atoms with Gasteiger partial charge in [-0.1, -0.05) is 12.1 Å². The first-order valence-electron chi connectivity index (χ1n) is 6.99. The average Bonchev–Trinajstić information content (AvgIpc) is 2.92. The van der Waals surface area contributed by atoms with Crippen LogP contribution in [0.15, 0.2) is 24.3 Å². The maximum absolute atomic E-state index is 12.6. The number of nitrogens with one attached hydrogen (secondary N) is 1. The van der Waals surface area contributed by atoms with Crippen molar-refractivity contribution in [2.24, 2.45) is 0 Å². The molecule has 1 amide bonds. The molecule has 3 rings (SSSR count). The van der Waals surface area contributed by atoms with Crippen LogP contribution in [0.4, 0.5) is 5.69 Å². The molecule has 5 heteroatoms. The molecule has 1 aromatic carbocycles. The van der Waals surface area contributed by atoms with Crippen LogP contribution in [0.3, 0.4) is 0 Å². The van der Waals surface area contributed by atoms with Crippen LogP contribution >= 0.6 is 0 Å². The lowest BCUT2D eigenvalue weighted by atomic mass is 10.0. The largest absolute Gasteiger partial charge is 0.397 e. The molecule has 1 fully saturated rings. The zero-order chi connectivity index (χ0) is 14.1. The monoisotopic (exact) mass is 273 g/mol. The molecule has 1 atom stereocenters. The number of amides is 1. The second-order valence-electron chi connectivity index (χ2n) is 5.33. The van der Waals surface area contributed by atoms with Crippen molar-refractivity contribution < 1.29 is 9.90 Å². The number of nitrogens with two attached hydrogens (primary N) is 1. The number of aromatic amines is 1. The third kappa shape index (κ3) is 2.14. The van der Waals surface area contributed by atoms with E-state index in [9.17, 15) is 9.90 Å². The molecule has 1 aromatic heterocycles. The molecule has 2 aromatic rings. The number of nitrogen functional groups attached to an aromatic ring is 1. The number of aromatic nitrogens is 1. The molecule has 1 unspecified atom stereocenters. The number of anilines is 1. The fraction of sp³-hybridized carbons (Fsp3) is 0.400. The maximum atomic E-state index is 12.6. The van der Waals surface area contributed by atoms with Crippen LogP contribution in [0.5, 0.6) is 0 Å². The number of aliphatic hydroxyl groups excluding tert-OH is 1. The van der Waals surface area contributed by atoms with Gasteiger partial charge in [0.05, 0.1) is 23.9 Å². The molecule has 0 saturated carbocycles. The quantitative estimate of drug-likeness (QED) is 0.729. The highest BCUT2D eigenvalue weighted by molar-refractivity contribution is 6.01. The Kier molecular flexibility index (Phi) is 3.36. The van der Waals surface area contributed by atoms with Gasteiger partial charge in [-0.25, -0.2) is 0 Å². The number of para-hydroxylation sites is 1. The van der Waals surface area contributed by atoms with Crippen molar-refractivity contribution in [1.82, 2.24) is 9.88 Å². The van der Waals surface area contributed by atoms with Crippen molar-refractivity contribution in [3.63, 3.8) is 0 Å². The van der Waals surface area contributed by atoms with Gasteiger partial charge in [-0.3, -0.25) is 4.79 Å². The summed E-state index contributed by atoms with van der Waals surface area (Å²) in [7, 11) is 0. The summed E-state index contributed by atoms with van der Waals surface area (Å²) < 4.78 is 0. The van der Waals surface area contributed by atoms with Gasteiger partial charge in [0.25, 0.3) is 5.91 Å². The van der Waals surface area contributed by atoms with Gasteiger partial charge in [-0.05, 0) is 31.4 Å². The van der Waals surface area contributed by atoms with Gasteiger partial charge in [0, 0.05) is 11.9 Å². The second kappa shape index (κ2) is 5.17. The first-order valence-corrected chi connectivity index (χ1v) is 6.99. The minimum absolute atomic E-state index is 0.0219. The van der Waals surface area contributed by atoms with Gasteiger partial charge < -0.3 is 20.7 Å². The number of H-pyrrole nitrogens is 1. The molecule has 0 spiro atoms. The van der Waals surface area contributed by atoms with Crippen LogP contribution < -0.4 is 5.73 Å². The van der Waals surface area contributed by atoms with Crippen molar-refractivity contribution >= 4 is 22.5 Å². The Bertz CT molecular complexity index is 635. The molecule has 0 aliphatic carbocycles. The number of rotatable bonds is 2. The minimum Gasteiger partial charge on any atom is -0.397 e. The Morgan fingerprint density at radius 3 is 3.05 bits per heavy atom. The lowest BCUT2D eigenvalue weighted by Crippen LogP contribution is -2.45. The zero-order valence-corrected chi connectivity index (χ0v) is 11.3. The predicted octanol–water partition coefficient (Wildman–Crippen LogP) is 1.74. The van der Waals surface area contributed by atoms with E-state index in [0.717, 1.165) is 30.2 Å². The third-order valence-corrected chi connectivity index (χ3v) is 4.02. The number of benzene rings is 1. The SMILES string of the molecule is Nc1cccc2cc(C(=O)N3CCCCC3CO)[nH]c12. The highest BCUT2D eigenvalue weighted by atomic mass is 16.3. The Morgan fingerprint density at radius 1 is 1.45 bits per heavy atom. The van der Waals surface area contributed by atoms with E-state index in [2.05, 4.69) is 4.98 Å². The highest BCUT2D eigenvalue weighted by Gasteiger charge is 2.27. The van der Waals surface area contributed by atoms with Crippen molar-refractivity contribution in [1.29, 1.82) is 0 Å². The molecule has 1 saturated heterocycles. The molecule has 0 radical (unpaired) electrons. The van der Waals surface area contributed by atoms with Crippen LogP contribution in [0.2, 0.25) is 0 Å². The first kappa shape index (κ1) is 13.0. The number of nitrogens with zero attached hydrogens (tertiary/aromatic N) is 1. The minimum atomic E-state index is -0.0694. The Balaban J connectivity index is 1.93. The molecule has 20 heavy (non-hydrogen) atoms. The fourth-order valence-electron chi connectivity index (χ4n) is 2.91. The van der Waals surface area contributed by atoms with Crippen LogP contribution in [-0.2, 0) is 0 Å². The van der Waals surface area contributed by atoms with Gasteiger partial charge in [0.1, 0.15) is 5.69 Å². The molecule has 1 aliphatic heterocycles. The van der Waals surface area contributed by atoms with Crippen molar-refractivity contribution in [2.45, 2.75) is 25.3 Å².